The van der Waals surface area contributed by atoms with Crippen LogP contribution in [0.25, 0.3) is 0 Å². The van der Waals surface area contributed by atoms with Gasteiger partial charge in [-0.1, -0.05) is 6.07 Å². The second-order valence-corrected chi connectivity index (χ2v) is 5.73. The first-order valence-corrected chi connectivity index (χ1v) is 7.94. The molecule has 1 aromatic rings. The van der Waals surface area contributed by atoms with Gasteiger partial charge in [-0.3, -0.25) is 24.1 Å². The lowest BCUT2D eigenvalue weighted by Gasteiger charge is -2.27. The zero-order valence-electron chi connectivity index (χ0n) is 13.4. The number of fused-ring (bicyclic) bond motifs is 1. The molecule has 1 aromatic carbocycles. The summed E-state index contributed by atoms with van der Waals surface area (Å²) in [5, 5.41) is 2.51. The molecule has 0 saturated carbocycles. The smallest absolute Gasteiger partial charge is 0.266 e. The van der Waals surface area contributed by atoms with E-state index in [1.807, 2.05) is 0 Å². The summed E-state index contributed by atoms with van der Waals surface area (Å²) in [4.78, 5) is 50.3. The van der Waals surface area contributed by atoms with Crippen molar-refractivity contribution in [2.75, 3.05) is 13.2 Å². The lowest BCUT2D eigenvalue weighted by molar-refractivity contribution is -0.136. The molecule has 128 valence electrons. The standard InChI is InChI=1S/C18H16N2O5/c1-2-3-4-10-25-13-7-5-6-11-14(13)18(24)20(17(11)23)15-12(21)8-9-19-16(15)22/h1,5-7,15H,3-4,8-10H2,(H,19,22). The number of carbonyl (C=O) groups excluding carboxylic acids is 4. The van der Waals surface area contributed by atoms with Gasteiger partial charge in [0.25, 0.3) is 17.7 Å². The quantitative estimate of drug-likeness (QED) is 0.365. The lowest BCUT2D eigenvalue weighted by atomic mass is 10.0. The van der Waals surface area contributed by atoms with Crippen LogP contribution < -0.4 is 10.1 Å². The molecule has 2 aliphatic heterocycles. The lowest BCUT2D eigenvalue weighted by Crippen LogP contribution is -2.57. The van der Waals surface area contributed by atoms with Gasteiger partial charge in [0.2, 0.25) is 0 Å². The van der Waals surface area contributed by atoms with Crippen molar-refractivity contribution >= 4 is 23.5 Å². The van der Waals surface area contributed by atoms with E-state index in [-0.39, 0.29) is 29.8 Å². The molecule has 0 aliphatic carbocycles. The molecule has 7 heteroatoms. The van der Waals surface area contributed by atoms with Crippen LogP contribution in [0.2, 0.25) is 0 Å². The summed E-state index contributed by atoms with van der Waals surface area (Å²) in [7, 11) is 0. The number of imide groups is 1. The number of piperidine rings is 1. The summed E-state index contributed by atoms with van der Waals surface area (Å²) < 4.78 is 5.58. The second-order valence-electron chi connectivity index (χ2n) is 5.73. The van der Waals surface area contributed by atoms with Crippen molar-refractivity contribution in [3.63, 3.8) is 0 Å². The van der Waals surface area contributed by atoms with E-state index >= 15 is 0 Å². The Balaban J connectivity index is 1.90. The van der Waals surface area contributed by atoms with Crippen LogP contribution in [0.4, 0.5) is 0 Å². The molecule has 3 amide bonds. The number of hydrogen-bond donors (Lipinski definition) is 1. The maximum Gasteiger partial charge on any atom is 0.266 e. The van der Waals surface area contributed by atoms with Crippen molar-refractivity contribution in [3.8, 4) is 18.1 Å². The summed E-state index contributed by atoms with van der Waals surface area (Å²) in [6.45, 7) is 0.506. The molecule has 7 nitrogen and oxygen atoms in total. The van der Waals surface area contributed by atoms with Gasteiger partial charge in [-0.2, -0.15) is 0 Å². The van der Waals surface area contributed by atoms with E-state index < -0.39 is 29.5 Å². The fraction of sp³-hybridized carbons (Fsp3) is 0.333. The second kappa shape index (κ2) is 6.77. The minimum absolute atomic E-state index is 0.0826. The van der Waals surface area contributed by atoms with Gasteiger partial charge in [0, 0.05) is 19.4 Å². The molecule has 0 bridgehead atoms. The molecule has 0 aromatic heterocycles. The number of nitrogens with one attached hydrogen (secondary N) is 1. The molecule has 25 heavy (non-hydrogen) atoms. The number of carbonyl (C=O) groups is 4. The van der Waals surface area contributed by atoms with E-state index in [0.29, 0.717) is 19.4 Å². The molecule has 0 spiro atoms. The third kappa shape index (κ3) is 2.87. The Hall–Kier alpha value is -3.14. The Morgan fingerprint density at radius 3 is 2.76 bits per heavy atom. The van der Waals surface area contributed by atoms with E-state index in [1.165, 1.54) is 6.07 Å². The van der Waals surface area contributed by atoms with E-state index in [0.717, 1.165) is 4.90 Å². The Kier molecular flexibility index (Phi) is 4.52. The fourth-order valence-electron chi connectivity index (χ4n) is 2.93. The minimum atomic E-state index is -1.42. The minimum Gasteiger partial charge on any atom is -0.493 e. The maximum atomic E-state index is 12.8. The highest BCUT2D eigenvalue weighted by Crippen LogP contribution is 2.33. The van der Waals surface area contributed by atoms with E-state index in [4.69, 9.17) is 11.2 Å². The number of nitrogens with zero attached hydrogens (tertiary/aromatic N) is 1. The number of rotatable bonds is 5. The van der Waals surface area contributed by atoms with Crippen LogP contribution in [-0.4, -0.2) is 47.6 Å². The Morgan fingerprint density at radius 1 is 1.24 bits per heavy atom. The van der Waals surface area contributed by atoms with Crippen LogP contribution in [0.3, 0.4) is 0 Å². The zero-order chi connectivity index (χ0) is 18.0. The summed E-state index contributed by atoms with van der Waals surface area (Å²) in [5.41, 5.74) is 0.213. The largest absolute Gasteiger partial charge is 0.493 e. The third-order valence-corrected chi connectivity index (χ3v) is 4.11. The van der Waals surface area contributed by atoms with Crippen LogP contribution in [0.1, 0.15) is 40.0 Å². The van der Waals surface area contributed by atoms with Crippen LogP contribution in [0, 0.1) is 12.3 Å². The number of ether oxygens (including phenoxy) is 1. The van der Waals surface area contributed by atoms with Crippen LogP contribution in [0.15, 0.2) is 18.2 Å². The van der Waals surface area contributed by atoms with Crippen molar-refractivity contribution in [2.45, 2.75) is 25.3 Å². The average molecular weight is 340 g/mol. The number of ketones is 1. The highest BCUT2D eigenvalue weighted by atomic mass is 16.5. The van der Waals surface area contributed by atoms with Crippen LogP contribution in [-0.2, 0) is 9.59 Å². The Labute approximate surface area is 144 Å². The van der Waals surface area contributed by atoms with Gasteiger partial charge in [0.15, 0.2) is 11.8 Å². The van der Waals surface area contributed by atoms with E-state index in [1.54, 1.807) is 12.1 Å². The number of Topliss-reactive ketones (excluding diaryl/α,β-unsaturated/α-hetero) is 1. The monoisotopic (exact) mass is 340 g/mol. The number of unbranched alkanes of at least 4 members (excludes halogenated alkanes) is 1. The first kappa shape index (κ1) is 16.7. The maximum absolute atomic E-state index is 12.8. The zero-order valence-corrected chi connectivity index (χ0v) is 13.4. The molecule has 1 fully saturated rings. The van der Waals surface area contributed by atoms with Gasteiger partial charge in [-0.25, -0.2) is 0 Å². The predicted molar refractivity (Wildman–Crippen MR) is 86.9 cm³/mol. The first-order valence-electron chi connectivity index (χ1n) is 7.94. The number of benzene rings is 1. The number of amides is 3. The van der Waals surface area contributed by atoms with Crippen LogP contribution >= 0.6 is 0 Å². The van der Waals surface area contributed by atoms with Gasteiger partial charge < -0.3 is 10.1 Å². The fourth-order valence-corrected chi connectivity index (χ4v) is 2.93. The van der Waals surface area contributed by atoms with Gasteiger partial charge >= 0.3 is 0 Å². The molecule has 0 radical (unpaired) electrons. The first-order chi connectivity index (χ1) is 12.1. The molecule has 2 heterocycles. The van der Waals surface area contributed by atoms with Gasteiger partial charge in [-0.15, -0.1) is 12.3 Å². The van der Waals surface area contributed by atoms with Crippen LogP contribution in [0.5, 0.6) is 5.75 Å². The molecule has 1 unspecified atom stereocenters. The third-order valence-electron chi connectivity index (χ3n) is 4.11. The highest BCUT2D eigenvalue weighted by molar-refractivity contribution is 6.27. The number of terminal acetylenes is 1. The molecule has 2 aliphatic rings. The molecular formula is C18H16N2O5. The Morgan fingerprint density at radius 2 is 2.04 bits per heavy atom. The average Bonchev–Trinajstić information content (AvgIpc) is 2.84. The van der Waals surface area contributed by atoms with Crippen molar-refractivity contribution in [3.05, 3.63) is 29.3 Å². The van der Waals surface area contributed by atoms with Crippen molar-refractivity contribution < 1.29 is 23.9 Å². The normalized spacial score (nSPS) is 19.5. The van der Waals surface area contributed by atoms with Gasteiger partial charge in [0.1, 0.15) is 5.75 Å². The van der Waals surface area contributed by atoms with Gasteiger partial charge in [-0.05, 0) is 18.6 Å². The molecular weight excluding hydrogens is 324 g/mol. The van der Waals surface area contributed by atoms with Crippen molar-refractivity contribution in [1.82, 2.24) is 10.2 Å². The molecule has 3 rings (SSSR count). The highest BCUT2D eigenvalue weighted by Gasteiger charge is 2.48. The summed E-state index contributed by atoms with van der Waals surface area (Å²) in [6, 6.07) is 3.23. The van der Waals surface area contributed by atoms with E-state index in [9.17, 15) is 19.2 Å². The molecule has 1 saturated heterocycles. The predicted octanol–water partition coefficient (Wildman–Crippen LogP) is 0.532. The molecule has 1 N–H and O–H groups in total. The summed E-state index contributed by atoms with van der Waals surface area (Å²) >= 11 is 0. The van der Waals surface area contributed by atoms with Crippen molar-refractivity contribution in [1.29, 1.82) is 0 Å². The van der Waals surface area contributed by atoms with E-state index in [2.05, 4.69) is 11.2 Å². The topological polar surface area (TPSA) is 92.8 Å². The SMILES string of the molecule is C#CCCCOc1cccc2c1C(=O)N(C1C(=O)CCNC1=O)C2=O. The summed E-state index contributed by atoms with van der Waals surface area (Å²) in [6.07, 6.45) is 6.41. The number of hydrogen-bond acceptors (Lipinski definition) is 5. The van der Waals surface area contributed by atoms with Gasteiger partial charge in [0.05, 0.1) is 17.7 Å². The van der Waals surface area contributed by atoms with Crippen molar-refractivity contribution in [2.24, 2.45) is 0 Å². The summed E-state index contributed by atoms with van der Waals surface area (Å²) in [5.74, 6) is 0.299. The Bertz CT molecular complexity index is 792. The molecule has 1 atom stereocenters.